The summed E-state index contributed by atoms with van der Waals surface area (Å²) in [5.41, 5.74) is 2.47. The van der Waals surface area contributed by atoms with Crippen LogP contribution in [-0.2, 0) is 16.0 Å². The lowest BCUT2D eigenvalue weighted by Gasteiger charge is -2.28. The number of carboxylic acid groups (broad SMARTS) is 1. The van der Waals surface area contributed by atoms with Gasteiger partial charge in [0.2, 0.25) is 5.91 Å². The van der Waals surface area contributed by atoms with Crippen molar-refractivity contribution in [3.63, 3.8) is 0 Å². The Kier molecular flexibility index (Phi) is 4.55. The molecule has 23 heavy (non-hydrogen) atoms. The molecule has 0 saturated carbocycles. The average Bonchev–Trinajstić information content (AvgIpc) is 3.04. The highest BCUT2D eigenvalue weighted by Crippen LogP contribution is 2.36. The normalized spacial score (nSPS) is 23.4. The standard InChI is InChI=1S/C18H23NO4/c1-23-14-7-8-15-12(10-14)4-2-5-13(15)11-17(20)19-9-3-6-16(19)18(21)22/h7-8,10,13,16H,2-6,9,11H2,1H3,(H,21,22). The fourth-order valence-corrected chi connectivity index (χ4v) is 3.88. The number of likely N-dealkylation sites (tertiary alicyclic amines) is 1. The second-order valence-electron chi connectivity index (χ2n) is 6.44. The fraction of sp³-hybridized carbons (Fsp3) is 0.556. The van der Waals surface area contributed by atoms with E-state index in [1.54, 1.807) is 12.0 Å². The second-order valence-corrected chi connectivity index (χ2v) is 6.44. The van der Waals surface area contributed by atoms with Gasteiger partial charge in [0.15, 0.2) is 0 Å². The number of hydrogen-bond donors (Lipinski definition) is 1. The zero-order valence-corrected chi connectivity index (χ0v) is 13.5. The molecule has 5 nitrogen and oxygen atoms in total. The van der Waals surface area contributed by atoms with Gasteiger partial charge in [0, 0.05) is 13.0 Å². The minimum atomic E-state index is -0.885. The molecule has 0 bridgehead atoms. The summed E-state index contributed by atoms with van der Waals surface area (Å²) >= 11 is 0. The molecule has 1 aromatic rings. The summed E-state index contributed by atoms with van der Waals surface area (Å²) < 4.78 is 5.28. The number of carbonyl (C=O) groups is 2. The van der Waals surface area contributed by atoms with Gasteiger partial charge < -0.3 is 14.7 Å². The highest BCUT2D eigenvalue weighted by molar-refractivity contribution is 5.84. The minimum Gasteiger partial charge on any atom is -0.497 e. The van der Waals surface area contributed by atoms with Crippen molar-refractivity contribution in [1.82, 2.24) is 4.90 Å². The maximum Gasteiger partial charge on any atom is 0.326 e. The highest BCUT2D eigenvalue weighted by atomic mass is 16.5. The van der Waals surface area contributed by atoms with Crippen LogP contribution in [-0.4, -0.2) is 41.6 Å². The van der Waals surface area contributed by atoms with Crippen molar-refractivity contribution in [1.29, 1.82) is 0 Å². The number of methoxy groups -OCH3 is 1. The summed E-state index contributed by atoms with van der Waals surface area (Å²) in [6, 6.07) is 5.42. The Labute approximate surface area is 136 Å². The lowest BCUT2D eigenvalue weighted by atomic mass is 9.80. The number of fused-ring (bicyclic) bond motifs is 1. The molecule has 1 amide bonds. The number of aliphatic carboxylic acids is 1. The zero-order chi connectivity index (χ0) is 16.4. The van der Waals surface area contributed by atoms with Crippen molar-refractivity contribution >= 4 is 11.9 Å². The van der Waals surface area contributed by atoms with Crippen LogP contribution in [0.4, 0.5) is 0 Å². The summed E-state index contributed by atoms with van der Waals surface area (Å²) in [7, 11) is 1.66. The number of hydrogen-bond acceptors (Lipinski definition) is 3. The van der Waals surface area contributed by atoms with E-state index in [1.807, 2.05) is 6.07 Å². The molecule has 1 fully saturated rings. The fourth-order valence-electron chi connectivity index (χ4n) is 3.88. The molecule has 1 saturated heterocycles. The molecule has 0 radical (unpaired) electrons. The second kappa shape index (κ2) is 6.60. The molecule has 1 heterocycles. The van der Waals surface area contributed by atoms with Crippen LogP contribution in [0.1, 0.15) is 49.1 Å². The quantitative estimate of drug-likeness (QED) is 0.927. The average molecular weight is 317 g/mol. The predicted octanol–water partition coefficient (Wildman–Crippen LogP) is 2.58. The van der Waals surface area contributed by atoms with Crippen LogP contribution < -0.4 is 4.74 Å². The molecule has 1 aliphatic carbocycles. The molecule has 0 aromatic heterocycles. The number of carboxylic acids is 1. The third kappa shape index (κ3) is 3.19. The number of aryl methyl sites for hydroxylation is 1. The van der Waals surface area contributed by atoms with Gasteiger partial charge in [-0.15, -0.1) is 0 Å². The Morgan fingerprint density at radius 1 is 1.30 bits per heavy atom. The van der Waals surface area contributed by atoms with Crippen molar-refractivity contribution in [3.8, 4) is 5.75 Å². The van der Waals surface area contributed by atoms with Crippen LogP contribution in [0.15, 0.2) is 18.2 Å². The minimum absolute atomic E-state index is 0.0245. The largest absolute Gasteiger partial charge is 0.497 e. The number of ether oxygens (including phenoxy) is 1. The van der Waals surface area contributed by atoms with Gasteiger partial charge in [-0.1, -0.05) is 6.07 Å². The van der Waals surface area contributed by atoms with Gasteiger partial charge in [0.25, 0.3) is 0 Å². The summed E-state index contributed by atoms with van der Waals surface area (Å²) in [6.07, 6.45) is 4.81. The summed E-state index contributed by atoms with van der Waals surface area (Å²) in [5.74, 6) is 0.126. The Morgan fingerprint density at radius 3 is 2.87 bits per heavy atom. The highest BCUT2D eigenvalue weighted by Gasteiger charge is 2.35. The maximum atomic E-state index is 12.6. The molecule has 2 atom stereocenters. The number of amides is 1. The molecule has 124 valence electrons. The SMILES string of the molecule is COc1ccc2c(c1)CCCC2CC(=O)N1CCCC1C(=O)O. The first kappa shape index (κ1) is 15.8. The Hall–Kier alpha value is -2.04. The lowest BCUT2D eigenvalue weighted by molar-refractivity contribution is -0.148. The first-order chi connectivity index (χ1) is 11.1. The zero-order valence-electron chi connectivity index (χ0n) is 13.5. The van der Waals surface area contributed by atoms with Crippen LogP contribution in [0, 0.1) is 0 Å². The van der Waals surface area contributed by atoms with E-state index < -0.39 is 12.0 Å². The molecule has 5 heteroatoms. The van der Waals surface area contributed by atoms with E-state index in [2.05, 4.69) is 12.1 Å². The van der Waals surface area contributed by atoms with Gasteiger partial charge in [-0.05, 0) is 61.3 Å². The molecule has 2 unspecified atom stereocenters. The molecule has 1 aliphatic heterocycles. The third-order valence-electron chi connectivity index (χ3n) is 5.07. The van der Waals surface area contributed by atoms with E-state index in [0.29, 0.717) is 19.4 Å². The van der Waals surface area contributed by atoms with E-state index in [9.17, 15) is 14.7 Å². The van der Waals surface area contributed by atoms with Crippen molar-refractivity contribution < 1.29 is 19.4 Å². The van der Waals surface area contributed by atoms with Gasteiger partial charge in [-0.25, -0.2) is 4.79 Å². The molecule has 0 spiro atoms. The van der Waals surface area contributed by atoms with Gasteiger partial charge in [0.1, 0.15) is 11.8 Å². The summed E-state index contributed by atoms with van der Waals surface area (Å²) in [4.78, 5) is 25.4. The number of rotatable bonds is 4. The van der Waals surface area contributed by atoms with Crippen molar-refractivity contribution in [3.05, 3.63) is 29.3 Å². The monoisotopic (exact) mass is 317 g/mol. The molecule has 2 aliphatic rings. The first-order valence-electron chi connectivity index (χ1n) is 8.29. The Bertz CT molecular complexity index is 613. The molecule has 1 N–H and O–H groups in total. The lowest BCUT2D eigenvalue weighted by Crippen LogP contribution is -2.41. The van der Waals surface area contributed by atoms with Crippen LogP contribution in [0.25, 0.3) is 0 Å². The Balaban J connectivity index is 1.74. The topological polar surface area (TPSA) is 66.8 Å². The number of benzene rings is 1. The molecular weight excluding hydrogens is 294 g/mol. The number of carbonyl (C=O) groups excluding carboxylic acids is 1. The van der Waals surface area contributed by atoms with Crippen LogP contribution >= 0.6 is 0 Å². The van der Waals surface area contributed by atoms with Crippen molar-refractivity contribution in [2.75, 3.05) is 13.7 Å². The molecule has 3 rings (SSSR count). The third-order valence-corrected chi connectivity index (χ3v) is 5.07. The van der Waals surface area contributed by atoms with Crippen LogP contribution in [0.2, 0.25) is 0 Å². The van der Waals surface area contributed by atoms with Gasteiger partial charge >= 0.3 is 5.97 Å². The van der Waals surface area contributed by atoms with E-state index in [4.69, 9.17) is 4.74 Å². The molecule has 1 aromatic carbocycles. The van der Waals surface area contributed by atoms with Crippen molar-refractivity contribution in [2.24, 2.45) is 0 Å². The van der Waals surface area contributed by atoms with Crippen LogP contribution in [0.5, 0.6) is 5.75 Å². The van der Waals surface area contributed by atoms with E-state index in [0.717, 1.165) is 31.4 Å². The number of nitrogens with zero attached hydrogens (tertiary/aromatic N) is 1. The first-order valence-corrected chi connectivity index (χ1v) is 8.29. The summed E-state index contributed by atoms with van der Waals surface area (Å²) in [6.45, 7) is 0.567. The van der Waals surface area contributed by atoms with E-state index in [1.165, 1.54) is 11.1 Å². The van der Waals surface area contributed by atoms with Gasteiger partial charge in [-0.2, -0.15) is 0 Å². The Morgan fingerprint density at radius 2 is 2.13 bits per heavy atom. The summed E-state index contributed by atoms with van der Waals surface area (Å²) in [5, 5.41) is 9.25. The molecular formula is C18H23NO4. The van der Waals surface area contributed by atoms with Crippen LogP contribution in [0.3, 0.4) is 0 Å². The van der Waals surface area contributed by atoms with E-state index in [-0.39, 0.29) is 11.8 Å². The van der Waals surface area contributed by atoms with Gasteiger partial charge in [0.05, 0.1) is 7.11 Å². The smallest absolute Gasteiger partial charge is 0.326 e. The van der Waals surface area contributed by atoms with Gasteiger partial charge in [-0.3, -0.25) is 4.79 Å². The predicted molar refractivity (Wildman–Crippen MR) is 85.7 cm³/mol. The van der Waals surface area contributed by atoms with E-state index >= 15 is 0 Å². The van der Waals surface area contributed by atoms with Crippen molar-refractivity contribution in [2.45, 2.75) is 50.5 Å². The maximum absolute atomic E-state index is 12.6.